The van der Waals surface area contributed by atoms with Crippen molar-refractivity contribution in [2.45, 2.75) is 37.4 Å². The Labute approximate surface area is 152 Å². The first-order valence-electron chi connectivity index (χ1n) is 8.85. The molecule has 1 heterocycles. The van der Waals surface area contributed by atoms with E-state index in [4.69, 9.17) is 0 Å². The third-order valence-electron chi connectivity index (χ3n) is 4.98. The first kappa shape index (κ1) is 18.8. The molecule has 0 unspecified atom stereocenters. The van der Waals surface area contributed by atoms with Gasteiger partial charge in [-0.1, -0.05) is 12.1 Å². The van der Waals surface area contributed by atoms with Crippen molar-refractivity contribution in [3.8, 4) is 0 Å². The van der Waals surface area contributed by atoms with Crippen molar-refractivity contribution >= 4 is 21.6 Å². The van der Waals surface area contributed by atoms with Crippen molar-refractivity contribution in [2.75, 3.05) is 19.6 Å². The monoisotopic (exact) mass is 381 g/mol. The number of nitrogens with zero attached hydrogens (tertiary/aromatic N) is 2. The van der Waals surface area contributed by atoms with Crippen LogP contribution in [0.15, 0.2) is 24.3 Å². The van der Waals surface area contributed by atoms with Crippen LogP contribution in [0.2, 0.25) is 0 Å². The summed E-state index contributed by atoms with van der Waals surface area (Å²) in [6.07, 6.45) is 3.24. The minimum absolute atomic E-state index is 0.00191. The average molecular weight is 381 g/mol. The minimum Gasteiger partial charge on any atom is -0.356 e. The van der Waals surface area contributed by atoms with E-state index in [0.29, 0.717) is 19.6 Å². The Hall–Kier alpha value is -2.00. The van der Waals surface area contributed by atoms with E-state index in [1.807, 2.05) is 0 Å². The highest BCUT2D eigenvalue weighted by atomic mass is 32.2. The van der Waals surface area contributed by atoms with E-state index in [-0.39, 0.29) is 29.2 Å². The molecular formula is C17H23N3O5S. The fourth-order valence-electron chi connectivity index (χ4n) is 3.19. The standard InChI is InChI=1S/C17H23N3O5S/c21-17(11-13-1-3-15(4-2-13)20(22)23)18-12-14-7-9-19(10-8-14)26(24,25)16-5-6-16/h1-4,14,16H,5-12H2,(H,18,21). The van der Waals surface area contributed by atoms with Crippen LogP contribution in [0.25, 0.3) is 0 Å². The summed E-state index contributed by atoms with van der Waals surface area (Å²) in [5.41, 5.74) is 0.723. The van der Waals surface area contributed by atoms with Crippen LogP contribution >= 0.6 is 0 Å². The van der Waals surface area contributed by atoms with Gasteiger partial charge in [0.2, 0.25) is 15.9 Å². The molecule has 2 fully saturated rings. The molecule has 1 N–H and O–H groups in total. The highest BCUT2D eigenvalue weighted by molar-refractivity contribution is 7.90. The van der Waals surface area contributed by atoms with Crippen LogP contribution in [0.3, 0.4) is 0 Å². The van der Waals surface area contributed by atoms with Crippen LogP contribution < -0.4 is 5.32 Å². The Bertz CT molecular complexity index is 766. The summed E-state index contributed by atoms with van der Waals surface area (Å²) < 4.78 is 26.0. The second-order valence-electron chi connectivity index (χ2n) is 6.99. The molecule has 9 heteroatoms. The lowest BCUT2D eigenvalue weighted by atomic mass is 9.98. The summed E-state index contributed by atoms with van der Waals surface area (Å²) >= 11 is 0. The SMILES string of the molecule is O=C(Cc1ccc([N+](=O)[O-])cc1)NCC1CCN(S(=O)(=O)C2CC2)CC1. The summed E-state index contributed by atoms with van der Waals surface area (Å²) in [4.78, 5) is 22.2. The third-order valence-corrected chi connectivity index (χ3v) is 7.38. The number of carbonyl (C=O) groups is 1. The lowest BCUT2D eigenvalue weighted by Gasteiger charge is -2.31. The van der Waals surface area contributed by atoms with Gasteiger partial charge >= 0.3 is 0 Å². The normalized spacial score (nSPS) is 19.2. The Kier molecular flexibility index (Phi) is 5.57. The van der Waals surface area contributed by atoms with Crippen LogP contribution in [0.4, 0.5) is 5.69 Å². The maximum absolute atomic E-state index is 12.2. The molecule has 1 saturated carbocycles. The molecule has 142 valence electrons. The molecule has 0 spiro atoms. The van der Waals surface area contributed by atoms with E-state index in [2.05, 4.69) is 5.32 Å². The molecule has 1 saturated heterocycles. The molecular weight excluding hydrogens is 358 g/mol. The number of nitro groups is 1. The molecule has 1 aromatic carbocycles. The number of carbonyl (C=O) groups excluding carboxylic acids is 1. The molecule has 26 heavy (non-hydrogen) atoms. The van der Waals surface area contributed by atoms with Gasteiger partial charge in [0.1, 0.15) is 0 Å². The second kappa shape index (κ2) is 7.71. The zero-order chi connectivity index (χ0) is 18.7. The number of hydrogen-bond donors (Lipinski definition) is 1. The van der Waals surface area contributed by atoms with Gasteiger partial charge in [-0.25, -0.2) is 12.7 Å². The lowest BCUT2D eigenvalue weighted by Crippen LogP contribution is -2.42. The van der Waals surface area contributed by atoms with Gasteiger partial charge in [-0.3, -0.25) is 14.9 Å². The smallest absolute Gasteiger partial charge is 0.269 e. The maximum Gasteiger partial charge on any atom is 0.269 e. The second-order valence-corrected chi connectivity index (χ2v) is 9.20. The number of non-ortho nitro benzene ring substituents is 1. The largest absolute Gasteiger partial charge is 0.356 e. The highest BCUT2D eigenvalue weighted by Crippen LogP contribution is 2.33. The van der Waals surface area contributed by atoms with Gasteiger partial charge in [0.05, 0.1) is 16.6 Å². The molecule has 1 aliphatic carbocycles. The van der Waals surface area contributed by atoms with E-state index < -0.39 is 14.9 Å². The number of sulfonamides is 1. The minimum atomic E-state index is -3.10. The predicted molar refractivity (Wildman–Crippen MR) is 96.0 cm³/mol. The van der Waals surface area contributed by atoms with E-state index in [1.54, 1.807) is 16.4 Å². The van der Waals surface area contributed by atoms with Crippen molar-refractivity contribution in [2.24, 2.45) is 5.92 Å². The Morgan fingerprint density at radius 3 is 2.31 bits per heavy atom. The van der Waals surface area contributed by atoms with Crippen molar-refractivity contribution in [1.82, 2.24) is 9.62 Å². The maximum atomic E-state index is 12.2. The number of rotatable bonds is 7. The summed E-state index contributed by atoms with van der Waals surface area (Å²) in [5, 5.41) is 13.3. The topological polar surface area (TPSA) is 110 Å². The van der Waals surface area contributed by atoms with Gasteiger partial charge in [0.25, 0.3) is 5.69 Å². The summed E-state index contributed by atoms with van der Waals surface area (Å²) in [6.45, 7) is 1.59. The van der Waals surface area contributed by atoms with Gasteiger partial charge in [-0.05, 0) is 37.2 Å². The lowest BCUT2D eigenvalue weighted by molar-refractivity contribution is -0.384. The van der Waals surface area contributed by atoms with Gasteiger partial charge in [0.15, 0.2) is 0 Å². The molecule has 2 aliphatic rings. The predicted octanol–water partition coefficient (Wildman–Crippen LogP) is 1.46. The van der Waals surface area contributed by atoms with Crippen molar-refractivity contribution in [3.63, 3.8) is 0 Å². The van der Waals surface area contributed by atoms with Gasteiger partial charge in [-0.2, -0.15) is 0 Å². The fraction of sp³-hybridized carbons (Fsp3) is 0.588. The van der Waals surface area contributed by atoms with Crippen LogP contribution in [-0.4, -0.2) is 48.4 Å². The first-order valence-corrected chi connectivity index (χ1v) is 10.4. The van der Waals surface area contributed by atoms with Crippen LogP contribution in [0, 0.1) is 16.0 Å². The molecule has 0 aromatic heterocycles. The summed E-state index contributed by atoms with van der Waals surface area (Å²) in [5.74, 6) is 0.147. The molecule has 0 atom stereocenters. The summed E-state index contributed by atoms with van der Waals surface area (Å²) in [6, 6.07) is 5.94. The molecule has 1 aromatic rings. The Morgan fingerprint density at radius 1 is 1.15 bits per heavy atom. The molecule has 1 aliphatic heterocycles. The number of amides is 1. The quantitative estimate of drug-likeness (QED) is 0.568. The molecule has 0 radical (unpaired) electrons. The van der Waals surface area contributed by atoms with Gasteiger partial charge < -0.3 is 5.32 Å². The van der Waals surface area contributed by atoms with Crippen molar-refractivity contribution in [1.29, 1.82) is 0 Å². The zero-order valence-corrected chi connectivity index (χ0v) is 15.3. The number of piperidine rings is 1. The van der Waals surface area contributed by atoms with Crippen LogP contribution in [0.1, 0.15) is 31.2 Å². The molecule has 0 bridgehead atoms. The van der Waals surface area contributed by atoms with E-state index in [0.717, 1.165) is 31.2 Å². The van der Waals surface area contributed by atoms with Crippen LogP contribution in [0.5, 0.6) is 0 Å². The van der Waals surface area contributed by atoms with Gasteiger partial charge in [-0.15, -0.1) is 0 Å². The van der Waals surface area contributed by atoms with Crippen LogP contribution in [-0.2, 0) is 21.2 Å². The number of benzene rings is 1. The number of nitro benzene ring substituents is 1. The van der Waals surface area contributed by atoms with Crippen molar-refractivity contribution in [3.05, 3.63) is 39.9 Å². The molecule has 1 amide bonds. The summed E-state index contributed by atoms with van der Waals surface area (Å²) in [7, 11) is -3.10. The zero-order valence-electron chi connectivity index (χ0n) is 14.5. The fourth-order valence-corrected chi connectivity index (χ4v) is 5.06. The molecule has 8 nitrogen and oxygen atoms in total. The Morgan fingerprint density at radius 2 is 1.77 bits per heavy atom. The van der Waals surface area contributed by atoms with E-state index >= 15 is 0 Å². The number of hydrogen-bond acceptors (Lipinski definition) is 5. The van der Waals surface area contributed by atoms with Crippen molar-refractivity contribution < 1.29 is 18.1 Å². The van der Waals surface area contributed by atoms with E-state index in [9.17, 15) is 23.3 Å². The Balaban J connectivity index is 1.40. The number of nitrogens with one attached hydrogen (secondary N) is 1. The first-order chi connectivity index (χ1) is 12.4. The average Bonchev–Trinajstić information content (AvgIpc) is 3.46. The molecule has 3 rings (SSSR count). The van der Waals surface area contributed by atoms with Gasteiger partial charge in [0, 0.05) is 31.8 Å². The van der Waals surface area contributed by atoms with E-state index in [1.165, 1.54) is 12.1 Å². The highest BCUT2D eigenvalue weighted by Gasteiger charge is 2.41. The third kappa shape index (κ3) is 4.59.